The molecule has 2 aromatic rings. The van der Waals surface area contributed by atoms with E-state index >= 15 is 0 Å². The third-order valence-corrected chi connectivity index (χ3v) is 4.02. The molecule has 0 N–H and O–H groups in total. The third-order valence-electron chi connectivity index (χ3n) is 3.49. The second-order valence-corrected chi connectivity index (χ2v) is 8.02. The van der Waals surface area contributed by atoms with E-state index in [9.17, 15) is 9.59 Å². The number of halogens is 1. The van der Waals surface area contributed by atoms with Crippen LogP contribution in [-0.2, 0) is 27.4 Å². The minimum atomic E-state index is -0.617. The van der Waals surface area contributed by atoms with E-state index in [0.29, 0.717) is 0 Å². The number of ether oxygens (including phenoxy) is 2. The van der Waals surface area contributed by atoms with Crippen LogP contribution in [0.4, 0.5) is 4.79 Å². The van der Waals surface area contributed by atoms with E-state index in [2.05, 4.69) is 15.9 Å². The smallest absolute Gasteiger partial charge is 0.410 e. The van der Waals surface area contributed by atoms with Crippen molar-refractivity contribution in [3.8, 4) is 0 Å². The zero-order chi connectivity index (χ0) is 19.9. The molecule has 0 radical (unpaired) electrons. The summed E-state index contributed by atoms with van der Waals surface area (Å²) in [5.74, 6) is -0.476. The fourth-order valence-electron chi connectivity index (χ4n) is 2.34. The monoisotopic (exact) mass is 433 g/mol. The van der Waals surface area contributed by atoms with Crippen molar-refractivity contribution in [2.75, 3.05) is 6.54 Å². The largest absolute Gasteiger partial charge is 0.459 e. The zero-order valence-corrected chi connectivity index (χ0v) is 17.4. The van der Waals surface area contributed by atoms with Gasteiger partial charge in [-0.05, 0) is 44.0 Å². The number of esters is 1. The lowest BCUT2D eigenvalue weighted by Crippen LogP contribution is -2.38. The molecule has 0 bridgehead atoms. The number of nitrogens with zero attached hydrogens (tertiary/aromatic N) is 1. The second-order valence-electron chi connectivity index (χ2n) is 7.11. The first-order valence-electron chi connectivity index (χ1n) is 8.65. The molecule has 0 spiro atoms. The highest BCUT2D eigenvalue weighted by molar-refractivity contribution is 9.10. The highest BCUT2D eigenvalue weighted by Crippen LogP contribution is 2.14. The Morgan fingerprint density at radius 1 is 0.963 bits per heavy atom. The van der Waals surface area contributed by atoms with Crippen LogP contribution in [0.3, 0.4) is 0 Å². The Labute approximate surface area is 168 Å². The predicted molar refractivity (Wildman–Crippen MR) is 107 cm³/mol. The van der Waals surface area contributed by atoms with E-state index < -0.39 is 17.7 Å². The van der Waals surface area contributed by atoms with Crippen LogP contribution in [0.25, 0.3) is 0 Å². The summed E-state index contributed by atoms with van der Waals surface area (Å²) >= 11 is 3.39. The molecular weight excluding hydrogens is 410 g/mol. The van der Waals surface area contributed by atoms with Crippen LogP contribution in [0.1, 0.15) is 31.9 Å². The highest BCUT2D eigenvalue weighted by Gasteiger charge is 2.23. The van der Waals surface area contributed by atoms with Gasteiger partial charge in [0.25, 0.3) is 0 Å². The van der Waals surface area contributed by atoms with Gasteiger partial charge in [-0.25, -0.2) is 4.79 Å². The molecule has 0 aliphatic heterocycles. The van der Waals surface area contributed by atoms with Gasteiger partial charge in [0.15, 0.2) is 0 Å². The van der Waals surface area contributed by atoms with Gasteiger partial charge in [0.1, 0.15) is 18.8 Å². The van der Waals surface area contributed by atoms with Crippen molar-refractivity contribution in [2.24, 2.45) is 0 Å². The molecule has 0 aliphatic carbocycles. The van der Waals surface area contributed by atoms with E-state index in [0.717, 1.165) is 15.6 Å². The van der Waals surface area contributed by atoms with Crippen LogP contribution in [0.15, 0.2) is 59.1 Å². The number of carbonyl (C=O) groups is 2. The first-order chi connectivity index (χ1) is 12.7. The Morgan fingerprint density at radius 3 is 2.19 bits per heavy atom. The van der Waals surface area contributed by atoms with Crippen molar-refractivity contribution in [3.63, 3.8) is 0 Å². The molecule has 0 atom stereocenters. The van der Waals surface area contributed by atoms with Crippen LogP contribution in [0, 0.1) is 0 Å². The Morgan fingerprint density at radius 2 is 1.59 bits per heavy atom. The standard InChI is InChI=1S/C21H24BrNO4/c1-21(2,3)27-19(24)14-23(13-16-9-11-18(22)12-10-16)20(25)26-15-17-7-5-4-6-8-17/h4-12H,13-15H2,1-3H3. The fourth-order valence-corrected chi connectivity index (χ4v) is 2.60. The van der Waals surface area contributed by atoms with E-state index in [1.807, 2.05) is 54.6 Å². The van der Waals surface area contributed by atoms with Crippen LogP contribution in [-0.4, -0.2) is 29.1 Å². The van der Waals surface area contributed by atoms with Gasteiger partial charge in [-0.15, -0.1) is 0 Å². The molecule has 27 heavy (non-hydrogen) atoms. The zero-order valence-electron chi connectivity index (χ0n) is 15.8. The molecule has 5 nitrogen and oxygen atoms in total. The Kier molecular flexibility index (Phi) is 7.42. The number of hydrogen-bond donors (Lipinski definition) is 0. The molecule has 0 heterocycles. The van der Waals surface area contributed by atoms with Crippen LogP contribution < -0.4 is 0 Å². The van der Waals surface area contributed by atoms with Crippen LogP contribution >= 0.6 is 15.9 Å². The van der Waals surface area contributed by atoms with Crippen LogP contribution in [0.2, 0.25) is 0 Å². The molecule has 2 aromatic carbocycles. The van der Waals surface area contributed by atoms with Crippen molar-refractivity contribution in [2.45, 2.75) is 39.5 Å². The Bertz CT molecular complexity index is 754. The number of benzene rings is 2. The molecule has 0 unspecified atom stereocenters. The molecule has 0 saturated carbocycles. The quantitative estimate of drug-likeness (QED) is 0.605. The Balaban J connectivity index is 2.06. The predicted octanol–water partition coefficient (Wildman–Crippen LogP) is 4.93. The van der Waals surface area contributed by atoms with Gasteiger partial charge < -0.3 is 9.47 Å². The summed E-state index contributed by atoms with van der Waals surface area (Å²) in [6.45, 7) is 5.58. The van der Waals surface area contributed by atoms with E-state index in [1.54, 1.807) is 20.8 Å². The molecular formula is C21H24BrNO4. The van der Waals surface area contributed by atoms with E-state index in [-0.39, 0.29) is 19.7 Å². The summed E-state index contributed by atoms with van der Waals surface area (Å²) in [4.78, 5) is 26.1. The van der Waals surface area contributed by atoms with Gasteiger partial charge in [-0.2, -0.15) is 0 Å². The fraction of sp³-hybridized carbons (Fsp3) is 0.333. The molecule has 0 aromatic heterocycles. The summed E-state index contributed by atoms with van der Waals surface area (Å²) in [5, 5.41) is 0. The maximum atomic E-state index is 12.6. The maximum absolute atomic E-state index is 12.6. The van der Waals surface area contributed by atoms with E-state index in [1.165, 1.54) is 4.90 Å². The number of amides is 1. The topological polar surface area (TPSA) is 55.8 Å². The molecule has 6 heteroatoms. The average molecular weight is 434 g/mol. The number of carbonyl (C=O) groups excluding carboxylic acids is 2. The molecule has 144 valence electrons. The lowest BCUT2D eigenvalue weighted by molar-refractivity contribution is -0.155. The van der Waals surface area contributed by atoms with Crippen molar-refractivity contribution in [1.82, 2.24) is 4.90 Å². The molecule has 1 amide bonds. The van der Waals surface area contributed by atoms with Crippen molar-refractivity contribution in [3.05, 3.63) is 70.2 Å². The molecule has 0 saturated heterocycles. The first-order valence-corrected chi connectivity index (χ1v) is 9.44. The summed E-state index contributed by atoms with van der Waals surface area (Å²) in [5.41, 5.74) is 1.15. The van der Waals surface area contributed by atoms with Crippen molar-refractivity contribution < 1.29 is 19.1 Å². The molecule has 0 aliphatic rings. The molecule has 2 rings (SSSR count). The van der Waals surface area contributed by atoms with Crippen LogP contribution in [0.5, 0.6) is 0 Å². The summed E-state index contributed by atoms with van der Waals surface area (Å²) in [6.07, 6.45) is -0.562. The molecule has 0 fully saturated rings. The van der Waals surface area contributed by atoms with Gasteiger partial charge in [0, 0.05) is 11.0 Å². The van der Waals surface area contributed by atoms with Gasteiger partial charge in [0.2, 0.25) is 0 Å². The minimum absolute atomic E-state index is 0.144. The SMILES string of the molecule is CC(C)(C)OC(=O)CN(Cc1ccc(Br)cc1)C(=O)OCc1ccccc1. The normalized spacial score (nSPS) is 11.0. The Hall–Kier alpha value is -2.34. The maximum Gasteiger partial charge on any atom is 0.410 e. The second kappa shape index (κ2) is 9.55. The average Bonchev–Trinajstić information content (AvgIpc) is 2.60. The lowest BCUT2D eigenvalue weighted by atomic mass is 10.2. The van der Waals surface area contributed by atoms with Gasteiger partial charge in [-0.3, -0.25) is 9.69 Å². The number of rotatable bonds is 6. The van der Waals surface area contributed by atoms with Crippen molar-refractivity contribution >= 4 is 28.0 Å². The third kappa shape index (κ3) is 7.83. The van der Waals surface area contributed by atoms with Crippen molar-refractivity contribution in [1.29, 1.82) is 0 Å². The first kappa shape index (κ1) is 21.0. The summed E-state index contributed by atoms with van der Waals surface area (Å²) < 4.78 is 11.7. The lowest BCUT2D eigenvalue weighted by Gasteiger charge is -2.25. The van der Waals surface area contributed by atoms with E-state index in [4.69, 9.17) is 9.47 Å². The minimum Gasteiger partial charge on any atom is -0.459 e. The van der Waals surface area contributed by atoms with Gasteiger partial charge in [-0.1, -0.05) is 58.4 Å². The van der Waals surface area contributed by atoms with Gasteiger partial charge >= 0.3 is 12.1 Å². The van der Waals surface area contributed by atoms with Gasteiger partial charge in [0.05, 0.1) is 0 Å². The summed E-state index contributed by atoms with van der Waals surface area (Å²) in [6, 6.07) is 16.9. The summed E-state index contributed by atoms with van der Waals surface area (Å²) in [7, 11) is 0. The number of hydrogen-bond acceptors (Lipinski definition) is 4. The highest BCUT2D eigenvalue weighted by atomic mass is 79.9.